The van der Waals surface area contributed by atoms with Crippen LogP contribution in [-0.4, -0.2) is 55.7 Å². The summed E-state index contributed by atoms with van der Waals surface area (Å²) < 4.78 is 8.64. The Bertz CT molecular complexity index is 722. The molecule has 0 aromatic carbocycles. The van der Waals surface area contributed by atoms with E-state index in [-0.39, 0.29) is 12.1 Å². The van der Waals surface area contributed by atoms with Gasteiger partial charge in [0.1, 0.15) is 12.2 Å². The second kappa shape index (κ2) is 8.11. The molecule has 2 heterocycles. The standard InChI is InChI=1S/C16H27N7O2/c1-11-14(13(3)21(4)20-11)9-23(7-8-25-6)16(24)19-12(2)15-17-10-18-22(15)5/h10,12H,7-9H2,1-6H3,(H,19,24)/t12-/m0/s1. The van der Waals surface area contributed by atoms with Crippen LogP contribution in [0.2, 0.25) is 0 Å². The first-order valence-electron chi connectivity index (χ1n) is 8.22. The predicted molar refractivity (Wildman–Crippen MR) is 92.9 cm³/mol. The summed E-state index contributed by atoms with van der Waals surface area (Å²) in [6.07, 6.45) is 1.48. The van der Waals surface area contributed by atoms with Crippen LogP contribution >= 0.6 is 0 Å². The third-order valence-electron chi connectivity index (χ3n) is 4.33. The van der Waals surface area contributed by atoms with Crippen LogP contribution in [0.1, 0.15) is 35.7 Å². The Hall–Kier alpha value is -2.42. The quantitative estimate of drug-likeness (QED) is 0.808. The van der Waals surface area contributed by atoms with E-state index in [1.165, 1.54) is 6.33 Å². The van der Waals surface area contributed by atoms with Gasteiger partial charge < -0.3 is 15.0 Å². The first-order chi connectivity index (χ1) is 11.8. The van der Waals surface area contributed by atoms with Crippen molar-refractivity contribution < 1.29 is 9.53 Å². The fourth-order valence-corrected chi connectivity index (χ4v) is 2.73. The summed E-state index contributed by atoms with van der Waals surface area (Å²) in [6, 6.07) is -0.420. The van der Waals surface area contributed by atoms with E-state index >= 15 is 0 Å². The van der Waals surface area contributed by atoms with Crippen LogP contribution in [0.25, 0.3) is 0 Å². The maximum Gasteiger partial charge on any atom is 0.318 e. The number of methoxy groups -OCH3 is 1. The number of hydrogen-bond donors (Lipinski definition) is 1. The summed E-state index contributed by atoms with van der Waals surface area (Å²) in [6.45, 7) is 7.27. The molecule has 0 aliphatic carbocycles. The van der Waals surface area contributed by atoms with Crippen molar-refractivity contribution in [3.8, 4) is 0 Å². The number of amides is 2. The number of urea groups is 1. The lowest BCUT2D eigenvalue weighted by atomic mass is 10.2. The molecular formula is C16H27N7O2. The molecule has 0 spiro atoms. The van der Waals surface area contributed by atoms with E-state index < -0.39 is 0 Å². The van der Waals surface area contributed by atoms with E-state index in [1.54, 1.807) is 23.7 Å². The summed E-state index contributed by atoms with van der Waals surface area (Å²) in [4.78, 5) is 18.7. The predicted octanol–water partition coefficient (Wildman–Crippen LogP) is 1.08. The Kier molecular flexibility index (Phi) is 6.13. The highest BCUT2D eigenvalue weighted by molar-refractivity contribution is 5.74. The number of rotatable bonds is 7. The molecule has 2 rings (SSSR count). The second-order valence-corrected chi connectivity index (χ2v) is 6.10. The zero-order valence-corrected chi connectivity index (χ0v) is 15.8. The van der Waals surface area contributed by atoms with Gasteiger partial charge in [-0.2, -0.15) is 10.2 Å². The molecule has 0 saturated heterocycles. The molecule has 0 aliphatic heterocycles. The van der Waals surface area contributed by atoms with Crippen LogP contribution in [0.15, 0.2) is 6.33 Å². The van der Waals surface area contributed by atoms with E-state index in [2.05, 4.69) is 20.5 Å². The van der Waals surface area contributed by atoms with Crippen molar-refractivity contribution in [3.63, 3.8) is 0 Å². The average Bonchev–Trinajstić information content (AvgIpc) is 3.09. The fraction of sp³-hybridized carbons (Fsp3) is 0.625. The topological polar surface area (TPSA) is 90.1 Å². The number of carbonyl (C=O) groups is 1. The number of carbonyl (C=O) groups excluding carboxylic acids is 1. The number of nitrogens with zero attached hydrogens (tertiary/aromatic N) is 6. The average molecular weight is 349 g/mol. The fourth-order valence-electron chi connectivity index (χ4n) is 2.73. The Morgan fingerprint density at radius 3 is 2.60 bits per heavy atom. The Morgan fingerprint density at radius 2 is 2.08 bits per heavy atom. The summed E-state index contributed by atoms with van der Waals surface area (Å²) in [5, 5.41) is 11.4. The van der Waals surface area contributed by atoms with Crippen LogP contribution in [0, 0.1) is 13.8 Å². The van der Waals surface area contributed by atoms with Gasteiger partial charge in [-0.05, 0) is 20.8 Å². The van der Waals surface area contributed by atoms with Gasteiger partial charge in [0, 0.05) is 39.0 Å². The van der Waals surface area contributed by atoms with Gasteiger partial charge in [-0.25, -0.2) is 9.78 Å². The minimum Gasteiger partial charge on any atom is -0.383 e. The lowest BCUT2D eigenvalue weighted by Gasteiger charge is -2.25. The molecule has 2 amide bonds. The molecule has 0 aliphatic rings. The van der Waals surface area contributed by atoms with Crippen LogP contribution < -0.4 is 5.32 Å². The van der Waals surface area contributed by atoms with E-state index in [9.17, 15) is 4.79 Å². The Labute approximate surface area is 148 Å². The third kappa shape index (κ3) is 4.36. The molecule has 25 heavy (non-hydrogen) atoms. The molecule has 9 heteroatoms. The van der Waals surface area contributed by atoms with Gasteiger partial charge in [0.2, 0.25) is 0 Å². The van der Waals surface area contributed by atoms with Crippen molar-refractivity contribution in [2.24, 2.45) is 14.1 Å². The van der Waals surface area contributed by atoms with Crippen molar-refractivity contribution >= 4 is 6.03 Å². The zero-order valence-electron chi connectivity index (χ0n) is 15.8. The second-order valence-electron chi connectivity index (χ2n) is 6.10. The molecule has 1 N–H and O–H groups in total. The van der Waals surface area contributed by atoms with Gasteiger partial charge in [-0.15, -0.1) is 0 Å². The lowest BCUT2D eigenvalue weighted by molar-refractivity contribution is 0.144. The normalized spacial score (nSPS) is 12.2. The molecule has 9 nitrogen and oxygen atoms in total. The SMILES string of the molecule is COCCN(Cc1c(C)nn(C)c1C)C(=O)N[C@@H](C)c1ncnn1C. The summed E-state index contributed by atoms with van der Waals surface area (Å²) in [5.41, 5.74) is 3.03. The molecule has 0 saturated carbocycles. The summed E-state index contributed by atoms with van der Waals surface area (Å²) in [5.74, 6) is 0.703. The van der Waals surface area contributed by atoms with E-state index in [0.717, 1.165) is 17.0 Å². The van der Waals surface area contributed by atoms with Gasteiger partial charge in [0.15, 0.2) is 0 Å². The van der Waals surface area contributed by atoms with Crippen molar-refractivity contribution in [3.05, 3.63) is 29.1 Å². The number of hydrogen-bond acceptors (Lipinski definition) is 5. The number of ether oxygens (including phenoxy) is 1. The molecule has 0 unspecified atom stereocenters. The minimum absolute atomic E-state index is 0.171. The summed E-state index contributed by atoms with van der Waals surface area (Å²) >= 11 is 0. The minimum atomic E-state index is -0.249. The van der Waals surface area contributed by atoms with Crippen LogP contribution in [0.3, 0.4) is 0 Å². The van der Waals surface area contributed by atoms with Gasteiger partial charge >= 0.3 is 6.03 Å². The molecule has 1 atom stereocenters. The van der Waals surface area contributed by atoms with Gasteiger partial charge in [0.05, 0.1) is 24.9 Å². The molecule has 0 bridgehead atoms. The highest BCUT2D eigenvalue weighted by Gasteiger charge is 2.21. The lowest BCUT2D eigenvalue weighted by Crippen LogP contribution is -2.42. The van der Waals surface area contributed by atoms with Crippen LogP contribution in [0.5, 0.6) is 0 Å². The van der Waals surface area contributed by atoms with Gasteiger partial charge in [-0.3, -0.25) is 9.36 Å². The summed E-state index contributed by atoms with van der Waals surface area (Å²) in [7, 11) is 5.33. The molecular weight excluding hydrogens is 322 g/mol. The van der Waals surface area contributed by atoms with E-state index in [4.69, 9.17) is 4.74 Å². The van der Waals surface area contributed by atoms with E-state index in [1.807, 2.05) is 32.5 Å². The smallest absolute Gasteiger partial charge is 0.318 e. The number of aryl methyl sites for hydroxylation is 3. The van der Waals surface area contributed by atoms with Gasteiger partial charge in [-0.1, -0.05) is 0 Å². The zero-order chi connectivity index (χ0) is 18.6. The monoisotopic (exact) mass is 349 g/mol. The Balaban J connectivity index is 2.13. The maximum atomic E-state index is 12.8. The van der Waals surface area contributed by atoms with Crippen LogP contribution in [-0.2, 0) is 25.4 Å². The molecule has 0 fully saturated rings. The molecule has 2 aromatic rings. The number of nitrogens with one attached hydrogen (secondary N) is 1. The highest BCUT2D eigenvalue weighted by Crippen LogP contribution is 2.16. The first kappa shape index (κ1) is 18.9. The van der Waals surface area contributed by atoms with Crippen molar-refractivity contribution in [1.82, 2.24) is 34.8 Å². The molecule has 2 aromatic heterocycles. The van der Waals surface area contributed by atoms with Crippen molar-refractivity contribution in [2.75, 3.05) is 20.3 Å². The Morgan fingerprint density at radius 1 is 1.36 bits per heavy atom. The van der Waals surface area contributed by atoms with E-state index in [0.29, 0.717) is 25.5 Å². The van der Waals surface area contributed by atoms with Crippen molar-refractivity contribution in [2.45, 2.75) is 33.4 Å². The maximum absolute atomic E-state index is 12.8. The van der Waals surface area contributed by atoms with Crippen LogP contribution in [0.4, 0.5) is 4.79 Å². The van der Waals surface area contributed by atoms with Crippen molar-refractivity contribution in [1.29, 1.82) is 0 Å². The molecule has 0 radical (unpaired) electrons. The number of aromatic nitrogens is 5. The largest absolute Gasteiger partial charge is 0.383 e. The first-order valence-corrected chi connectivity index (χ1v) is 8.22. The third-order valence-corrected chi connectivity index (χ3v) is 4.33. The highest BCUT2D eigenvalue weighted by atomic mass is 16.5. The molecule has 138 valence electrons. The van der Waals surface area contributed by atoms with Gasteiger partial charge in [0.25, 0.3) is 0 Å².